The molecule has 0 amide bonds. The SMILES string of the molecule is Cc1cccn2cc(CN3CCCC(CN)C3)nc12. The highest BCUT2D eigenvalue weighted by atomic mass is 15.1. The molecule has 19 heavy (non-hydrogen) atoms. The van der Waals surface area contributed by atoms with E-state index in [1.54, 1.807) is 0 Å². The van der Waals surface area contributed by atoms with Crippen LogP contribution in [0.15, 0.2) is 24.5 Å². The Kier molecular flexibility index (Phi) is 3.53. The molecule has 3 heterocycles. The molecule has 1 unspecified atom stereocenters. The van der Waals surface area contributed by atoms with Crippen molar-refractivity contribution in [3.63, 3.8) is 0 Å². The molecular weight excluding hydrogens is 236 g/mol. The summed E-state index contributed by atoms with van der Waals surface area (Å²) in [6, 6.07) is 4.18. The van der Waals surface area contributed by atoms with Gasteiger partial charge in [0.1, 0.15) is 5.65 Å². The molecule has 2 aromatic heterocycles. The second-order valence-electron chi connectivity index (χ2n) is 5.63. The van der Waals surface area contributed by atoms with Crippen LogP contribution in [0.3, 0.4) is 0 Å². The molecule has 0 spiro atoms. The summed E-state index contributed by atoms with van der Waals surface area (Å²) in [7, 11) is 0. The van der Waals surface area contributed by atoms with Gasteiger partial charge in [0.05, 0.1) is 5.69 Å². The predicted molar refractivity (Wildman–Crippen MR) is 77.0 cm³/mol. The van der Waals surface area contributed by atoms with E-state index < -0.39 is 0 Å². The minimum absolute atomic E-state index is 0.660. The van der Waals surface area contributed by atoms with Crippen molar-refractivity contribution < 1.29 is 0 Å². The molecule has 102 valence electrons. The third-order valence-corrected chi connectivity index (χ3v) is 4.05. The zero-order chi connectivity index (χ0) is 13.2. The van der Waals surface area contributed by atoms with E-state index in [4.69, 9.17) is 10.7 Å². The summed E-state index contributed by atoms with van der Waals surface area (Å²) < 4.78 is 2.12. The maximum absolute atomic E-state index is 5.79. The van der Waals surface area contributed by atoms with Crippen molar-refractivity contribution in [3.05, 3.63) is 35.8 Å². The quantitative estimate of drug-likeness (QED) is 0.913. The summed E-state index contributed by atoms with van der Waals surface area (Å²) in [6.45, 7) is 6.14. The second-order valence-corrected chi connectivity index (χ2v) is 5.63. The van der Waals surface area contributed by atoms with E-state index in [0.717, 1.165) is 31.0 Å². The summed E-state index contributed by atoms with van der Waals surface area (Å²) in [6.07, 6.45) is 6.75. The molecule has 1 aliphatic rings. The minimum atomic E-state index is 0.660. The molecule has 1 saturated heterocycles. The number of aromatic nitrogens is 2. The Bertz CT molecular complexity index is 560. The number of nitrogens with two attached hydrogens (primary N) is 1. The number of piperidine rings is 1. The first kappa shape index (κ1) is 12.6. The highest BCUT2D eigenvalue weighted by Crippen LogP contribution is 2.18. The van der Waals surface area contributed by atoms with Gasteiger partial charge in [-0.2, -0.15) is 0 Å². The van der Waals surface area contributed by atoms with E-state index in [9.17, 15) is 0 Å². The van der Waals surface area contributed by atoms with Gasteiger partial charge < -0.3 is 10.1 Å². The Morgan fingerprint density at radius 2 is 2.37 bits per heavy atom. The molecule has 2 aromatic rings. The van der Waals surface area contributed by atoms with Gasteiger partial charge in [-0.05, 0) is 50.4 Å². The summed E-state index contributed by atoms with van der Waals surface area (Å²) in [4.78, 5) is 7.23. The van der Waals surface area contributed by atoms with Crippen molar-refractivity contribution >= 4 is 5.65 Å². The summed E-state index contributed by atoms with van der Waals surface area (Å²) >= 11 is 0. The largest absolute Gasteiger partial charge is 0.330 e. The number of nitrogens with zero attached hydrogens (tertiary/aromatic N) is 3. The Hall–Kier alpha value is -1.39. The first-order valence-corrected chi connectivity index (χ1v) is 7.12. The minimum Gasteiger partial charge on any atom is -0.330 e. The Labute approximate surface area is 114 Å². The fourth-order valence-electron chi connectivity index (χ4n) is 3.00. The first-order chi connectivity index (χ1) is 9.26. The lowest BCUT2D eigenvalue weighted by Crippen LogP contribution is -2.37. The van der Waals surface area contributed by atoms with E-state index in [0.29, 0.717) is 5.92 Å². The number of likely N-dealkylation sites (tertiary alicyclic amines) is 1. The van der Waals surface area contributed by atoms with Gasteiger partial charge in [-0.15, -0.1) is 0 Å². The molecule has 1 atom stereocenters. The van der Waals surface area contributed by atoms with Crippen LogP contribution in [-0.2, 0) is 6.54 Å². The topological polar surface area (TPSA) is 46.6 Å². The standard InChI is InChI=1S/C15H22N4/c1-12-4-2-7-19-11-14(17-15(12)19)10-18-6-3-5-13(8-16)9-18/h2,4,7,11,13H,3,5-6,8-10,16H2,1H3. The van der Waals surface area contributed by atoms with Gasteiger partial charge in [-0.25, -0.2) is 4.98 Å². The number of hydrogen-bond acceptors (Lipinski definition) is 3. The van der Waals surface area contributed by atoms with E-state index in [2.05, 4.69) is 40.8 Å². The van der Waals surface area contributed by atoms with Crippen LogP contribution in [0.1, 0.15) is 24.1 Å². The highest BCUT2D eigenvalue weighted by molar-refractivity contribution is 5.47. The Balaban J connectivity index is 1.76. The molecule has 4 nitrogen and oxygen atoms in total. The molecule has 0 saturated carbocycles. The highest BCUT2D eigenvalue weighted by Gasteiger charge is 2.19. The van der Waals surface area contributed by atoms with Gasteiger partial charge in [0.25, 0.3) is 0 Å². The van der Waals surface area contributed by atoms with Crippen LogP contribution in [0.5, 0.6) is 0 Å². The third-order valence-electron chi connectivity index (χ3n) is 4.05. The Morgan fingerprint density at radius 3 is 3.16 bits per heavy atom. The van der Waals surface area contributed by atoms with Crippen LogP contribution in [-0.4, -0.2) is 33.9 Å². The maximum Gasteiger partial charge on any atom is 0.139 e. The van der Waals surface area contributed by atoms with Crippen molar-refractivity contribution in [1.29, 1.82) is 0 Å². The van der Waals surface area contributed by atoms with Gasteiger partial charge in [-0.3, -0.25) is 4.90 Å². The van der Waals surface area contributed by atoms with Crippen LogP contribution in [0, 0.1) is 12.8 Å². The monoisotopic (exact) mass is 258 g/mol. The average molecular weight is 258 g/mol. The van der Waals surface area contributed by atoms with Gasteiger partial charge in [0.15, 0.2) is 0 Å². The third kappa shape index (κ3) is 2.65. The van der Waals surface area contributed by atoms with Crippen LogP contribution < -0.4 is 5.73 Å². The first-order valence-electron chi connectivity index (χ1n) is 7.12. The predicted octanol–water partition coefficient (Wildman–Crippen LogP) is 1.81. The summed E-state index contributed by atoms with van der Waals surface area (Å²) in [5.74, 6) is 0.660. The van der Waals surface area contributed by atoms with Crippen LogP contribution in [0.2, 0.25) is 0 Å². The molecule has 1 aliphatic heterocycles. The zero-order valence-corrected chi connectivity index (χ0v) is 11.5. The number of imidazole rings is 1. The number of aryl methyl sites for hydroxylation is 1. The van der Waals surface area contributed by atoms with Gasteiger partial charge in [-0.1, -0.05) is 6.07 Å². The van der Waals surface area contributed by atoms with Gasteiger partial charge in [0, 0.05) is 25.5 Å². The normalized spacial score (nSPS) is 21.1. The number of rotatable bonds is 3. The van der Waals surface area contributed by atoms with E-state index in [-0.39, 0.29) is 0 Å². The number of hydrogen-bond donors (Lipinski definition) is 1. The molecule has 0 aliphatic carbocycles. The van der Waals surface area contributed by atoms with E-state index in [1.165, 1.54) is 24.9 Å². The van der Waals surface area contributed by atoms with Crippen molar-refractivity contribution in [2.75, 3.05) is 19.6 Å². The lowest BCUT2D eigenvalue weighted by Gasteiger charge is -2.31. The molecule has 2 N–H and O–H groups in total. The van der Waals surface area contributed by atoms with Crippen molar-refractivity contribution in [1.82, 2.24) is 14.3 Å². The lowest BCUT2D eigenvalue weighted by molar-refractivity contribution is 0.169. The number of pyridine rings is 1. The molecule has 1 fully saturated rings. The summed E-state index contributed by atoms with van der Waals surface area (Å²) in [5.41, 5.74) is 9.26. The smallest absolute Gasteiger partial charge is 0.139 e. The molecule has 3 rings (SSSR count). The molecular formula is C15H22N4. The molecule has 0 aromatic carbocycles. The fraction of sp³-hybridized carbons (Fsp3) is 0.533. The molecule has 4 heteroatoms. The van der Waals surface area contributed by atoms with Gasteiger partial charge >= 0.3 is 0 Å². The van der Waals surface area contributed by atoms with Crippen molar-refractivity contribution in [2.24, 2.45) is 11.7 Å². The van der Waals surface area contributed by atoms with E-state index >= 15 is 0 Å². The van der Waals surface area contributed by atoms with Crippen LogP contribution in [0.4, 0.5) is 0 Å². The van der Waals surface area contributed by atoms with Crippen LogP contribution in [0.25, 0.3) is 5.65 Å². The fourth-order valence-corrected chi connectivity index (χ4v) is 3.00. The summed E-state index contributed by atoms with van der Waals surface area (Å²) in [5, 5.41) is 0. The lowest BCUT2D eigenvalue weighted by atomic mass is 9.98. The molecule has 0 bridgehead atoms. The Morgan fingerprint density at radius 1 is 1.47 bits per heavy atom. The van der Waals surface area contributed by atoms with Crippen molar-refractivity contribution in [3.8, 4) is 0 Å². The number of fused-ring (bicyclic) bond motifs is 1. The van der Waals surface area contributed by atoms with Crippen LogP contribution >= 0.6 is 0 Å². The molecule has 0 radical (unpaired) electrons. The maximum atomic E-state index is 5.79. The zero-order valence-electron chi connectivity index (χ0n) is 11.5. The second kappa shape index (κ2) is 5.31. The van der Waals surface area contributed by atoms with Crippen molar-refractivity contribution in [2.45, 2.75) is 26.3 Å². The van der Waals surface area contributed by atoms with E-state index in [1.807, 2.05) is 0 Å². The average Bonchev–Trinajstić information content (AvgIpc) is 2.83. The van der Waals surface area contributed by atoms with Gasteiger partial charge in [0.2, 0.25) is 0 Å².